The Hall–Kier alpha value is 0.650. The zero-order valence-corrected chi connectivity index (χ0v) is 10.6. The van der Waals surface area contributed by atoms with Gasteiger partial charge in [-0.05, 0) is 7.05 Å². The molecule has 0 amide bonds. The fraction of sp³-hybridized carbons (Fsp3) is 1.00. The topological polar surface area (TPSA) is 21.3 Å². The van der Waals surface area contributed by atoms with Gasteiger partial charge in [0.05, 0.1) is 6.10 Å². The monoisotopic (exact) mass is 283 g/mol. The molecule has 0 unspecified atom stereocenters. The van der Waals surface area contributed by atoms with Crippen LogP contribution in [0.15, 0.2) is 0 Å². The lowest BCUT2D eigenvalue weighted by Gasteiger charge is -2.62. The Kier molecular flexibility index (Phi) is 2.77. The molecule has 0 heterocycles. The predicted molar refractivity (Wildman–Crippen MR) is 59.3 cm³/mol. The molecule has 0 radical (unpaired) electrons. The molecule has 0 atom stereocenters. The molecule has 0 spiro atoms. The van der Waals surface area contributed by atoms with Crippen molar-refractivity contribution in [2.24, 2.45) is 10.8 Å². The summed E-state index contributed by atoms with van der Waals surface area (Å²) < 4.78 is 5.48. The molecule has 1 aliphatic rings. The zero-order valence-electron chi connectivity index (χ0n) is 8.44. The Labute approximate surface area is 89.1 Å². The van der Waals surface area contributed by atoms with Crippen LogP contribution in [0.2, 0.25) is 0 Å². The number of hydrogen-bond donors (Lipinski definition) is 1. The Morgan fingerprint density at radius 2 is 1.58 bits per heavy atom. The van der Waals surface area contributed by atoms with Crippen LogP contribution < -0.4 is 5.32 Å². The van der Waals surface area contributed by atoms with Gasteiger partial charge in [0, 0.05) is 16.9 Å². The number of hydrogen-bond acceptors (Lipinski definition) is 2. The molecule has 0 aromatic heterocycles. The quantitative estimate of drug-likeness (QED) is 0.786. The van der Waals surface area contributed by atoms with E-state index >= 15 is 0 Å². The second-order valence-corrected chi connectivity index (χ2v) is 5.34. The van der Waals surface area contributed by atoms with Crippen molar-refractivity contribution in [3.05, 3.63) is 0 Å². The summed E-state index contributed by atoms with van der Waals surface area (Å²) in [4.78, 5) is 0. The summed E-state index contributed by atoms with van der Waals surface area (Å²) in [5.41, 5.74) is 0.499. The van der Waals surface area contributed by atoms with Gasteiger partial charge in [0.2, 0.25) is 0 Å². The summed E-state index contributed by atoms with van der Waals surface area (Å²) in [5.74, 6) is 0. The van der Waals surface area contributed by atoms with Crippen LogP contribution in [-0.4, -0.2) is 19.2 Å². The molecule has 0 aliphatic heterocycles. The maximum Gasteiger partial charge on any atom is 0.110 e. The average molecular weight is 283 g/mol. The summed E-state index contributed by atoms with van der Waals surface area (Å²) in [6.45, 7) is 9.01. The van der Waals surface area contributed by atoms with E-state index in [2.05, 4.69) is 33.0 Å². The lowest BCUT2D eigenvalue weighted by Crippen LogP contribution is -2.71. The number of rotatable bonds is 2. The second-order valence-electron chi connectivity index (χ2n) is 4.83. The third-order valence-corrected chi connectivity index (χ3v) is 3.73. The minimum atomic E-state index is 0.249. The molecule has 1 rings (SSSR count). The van der Waals surface area contributed by atoms with E-state index in [1.54, 1.807) is 0 Å². The van der Waals surface area contributed by atoms with Gasteiger partial charge in [-0.1, -0.05) is 27.7 Å². The average Bonchev–Trinajstić information content (AvgIpc) is 1.85. The smallest absolute Gasteiger partial charge is 0.110 e. The lowest BCUT2D eigenvalue weighted by atomic mass is 9.49. The standard InChI is InChI=1S/C9H18INO/c1-8(2)6(11-5)9(3,4)7(8)12-10/h6-7,11H,1-5H3. The van der Waals surface area contributed by atoms with Crippen LogP contribution in [0.4, 0.5) is 0 Å². The highest BCUT2D eigenvalue weighted by atomic mass is 127. The van der Waals surface area contributed by atoms with Gasteiger partial charge in [0.25, 0.3) is 0 Å². The van der Waals surface area contributed by atoms with Crippen molar-refractivity contribution in [1.82, 2.24) is 5.32 Å². The molecule has 0 saturated heterocycles. The van der Waals surface area contributed by atoms with Crippen molar-refractivity contribution in [2.45, 2.75) is 39.8 Å². The fourth-order valence-corrected chi connectivity index (χ4v) is 4.41. The first kappa shape index (κ1) is 10.7. The molecule has 1 fully saturated rings. The molecular weight excluding hydrogens is 265 g/mol. The first-order valence-electron chi connectivity index (χ1n) is 4.33. The van der Waals surface area contributed by atoms with E-state index in [1.807, 2.05) is 30.1 Å². The van der Waals surface area contributed by atoms with E-state index in [0.29, 0.717) is 12.1 Å². The lowest BCUT2D eigenvalue weighted by molar-refractivity contribution is -0.149. The van der Waals surface area contributed by atoms with E-state index in [9.17, 15) is 0 Å². The van der Waals surface area contributed by atoms with Gasteiger partial charge in [-0.3, -0.25) is 0 Å². The van der Waals surface area contributed by atoms with E-state index in [-0.39, 0.29) is 10.8 Å². The number of nitrogens with one attached hydrogen (secondary N) is 1. The highest BCUT2D eigenvalue weighted by molar-refractivity contribution is 14.1. The number of halogens is 1. The van der Waals surface area contributed by atoms with E-state index in [1.165, 1.54) is 0 Å². The molecule has 1 saturated carbocycles. The van der Waals surface area contributed by atoms with Crippen molar-refractivity contribution in [3.8, 4) is 0 Å². The van der Waals surface area contributed by atoms with Crippen LogP contribution in [0.25, 0.3) is 0 Å². The molecule has 12 heavy (non-hydrogen) atoms. The van der Waals surface area contributed by atoms with Gasteiger partial charge in [-0.2, -0.15) is 0 Å². The van der Waals surface area contributed by atoms with Crippen LogP contribution in [0, 0.1) is 10.8 Å². The van der Waals surface area contributed by atoms with Gasteiger partial charge in [-0.15, -0.1) is 0 Å². The maximum atomic E-state index is 5.48. The van der Waals surface area contributed by atoms with Gasteiger partial charge in [0.1, 0.15) is 23.0 Å². The minimum Gasteiger partial charge on any atom is -0.316 e. The van der Waals surface area contributed by atoms with E-state index < -0.39 is 0 Å². The molecule has 3 heteroatoms. The zero-order chi connectivity index (χ0) is 9.57. The maximum absolute atomic E-state index is 5.48. The Morgan fingerprint density at radius 3 is 1.83 bits per heavy atom. The molecule has 0 bridgehead atoms. The minimum absolute atomic E-state index is 0.249. The van der Waals surface area contributed by atoms with Gasteiger partial charge < -0.3 is 8.38 Å². The van der Waals surface area contributed by atoms with Crippen molar-refractivity contribution in [1.29, 1.82) is 0 Å². The van der Waals surface area contributed by atoms with E-state index in [0.717, 1.165) is 0 Å². The largest absolute Gasteiger partial charge is 0.316 e. The second kappa shape index (κ2) is 3.10. The summed E-state index contributed by atoms with van der Waals surface area (Å²) in [7, 11) is 2.03. The molecule has 1 aliphatic carbocycles. The van der Waals surface area contributed by atoms with Crippen LogP contribution in [-0.2, 0) is 3.07 Å². The van der Waals surface area contributed by atoms with Crippen LogP contribution in [0.1, 0.15) is 27.7 Å². The fourth-order valence-electron chi connectivity index (χ4n) is 3.10. The van der Waals surface area contributed by atoms with Crippen LogP contribution in [0.5, 0.6) is 0 Å². The van der Waals surface area contributed by atoms with Gasteiger partial charge in [-0.25, -0.2) is 0 Å². The van der Waals surface area contributed by atoms with Crippen molar-refractivity contribution in [3.63, 3.8) is 0 Å². The van der Waals surface area contributed by atoms with Crippen LogP contribution >= 0.6 is 23.0 Å². The van der Waals surface area contributed by atoms with Crippen LogP contribution in [0.3, 0.4) is 0 Å². The summed E-state index contributed by atoms with van der Waals surface area (Å²) in [5, 5.41) is 3.36. The molecular formula is C9H18INO. The van der Waals surface area contributed by atoms with Crippen molar-refractivity contribution < 1.29 is 3.07 Å². The van der Waals surface area contributed by atoms with Gasteiger partial charge >= 0.3 is 0 Å². The SMILES string of the molecule is CNC1C(C)(C)C(OI)C1(C)C. The van der Waals surface area contributed by atoms with Crippen molar-refractivity contribution >= 4 is 23.0 Å². The van der Waals surface area contributed by atoms with Crippen molar-refractivity contribution in [2.75, 3.05) is 7.05 Å². The molecule has 2 nitrogen and oxygen atoms in total. The normalized spacial score (nSPS) is 37.5. The molecule has 0 aromatic carbocycles. The first-order chi connectivity index (χ1) is 5.39. The molecule has 1 N–H and O–H groups in total. The summed E-state index contributed by atoms with van der Waals surface area (Å²) in [6, 6.07) is 0.546. The van der Waals surface area contributed by atoms with Gasteiger partial charge in [0.15, 0.2) is 0 Å². The van der Waals surface area contributed by atoms with E-state index in [4.69, 9.17) is 3.07 Å². The third-order valence-electron chi connectivity index (χ3n) is 3.22. The predicted octanol–water partition coefficient (Wildman–Crippen LogP) is 2.38. The summed E-state index contributed by atoms with van der Waals surface area (Å²) in [6.07, 6.45) is 0.350. The highest BCUT2D eigenvalue weighted by Gasteiger charge is 2.61. The molecule has 72 valence electrons. The molecule has 0 aromatic rings. The Morgan fingerprint density at radius 1 is 1.17 bits per heavy atom. The Balaban J connectivity index is 2.81. The third kappa shape index (κ3) is 1.21. The summed E-state index contributed by atoms with van der Waals surface area (Å²) >= 11 is 2.01. The highest BCUT2D eigenvalue weighted by Crippen LogP contribution is 2.55. The first-order valence-corrected chi connectivity index (χ1v) is 5.21. The Bertz CT molecular complexity index is 147.